The van der Waals surface area contributed by atoms with Gasteiger partial charge in [-0.3, -0.25) is 19.2 Å². The van der Waals surface area contributed by atoms with E-state index in [1.807, 2.05) is 30.3 Å². The predicted octanol–water partition coefficient (Wildman–Crippen LogP) is 2.42. The highest BCUT2D eigenvalue weighted by atomic mass is 16.6. The number of hydrogen-bond acceptors (Lipinski definition) is 7. The molecule has 3 aromatic rings. The molecule has 3 aromatic carbocycles. The van der Waals surface area contributed by atoms with Crippen molar-refractivity contribution in [1.82, 2.24) is 30.6 Å². The molecule has 2 fully saturated rings. The molecule has 0 radical (unpaired) electrons. The van der Waals surface area contributed by atoms with Crippen LogP contribution in [0.2, 0.25) is 0 Å². The number of benzene rings is 3. The van der Waals surface area contributed by atoms with Crippen molar-refractivity contribution in [2.45, 2.75) is 31.7 Å². The van der Waals surface area contributed by atoms with Crippen LogP contribution in [0.1, 0.15) is 27.0 Å². The molecule has 12 nitrogen and oxygen atoms in total. The van der Waals surface area contributed by atoms with Gasteiger partial charge in [0.15, 0.2) is 0 Å². The molecule has 2 heterocycles. The molecule has 2 unspecified atom stereocenters. The van der Waals surface area contributed by atoms with E-state index in [2.05, 4.69) is 17.4 Å². The number of hydroxylamine groups is 1. The van der Waals surface area contributed by atoms with Gasteiger partial charge in [-0.25, -0.2) is 20.3 Å². The zero-order valence-corrected chi connectivity index (χ0v) is 25.0. The monoisotopic (exact) mass is 612 g/mol. The number of piperazine rings is 1. The van der Waals surface area contributed by atoms with Gasteiger partial charge in [-0.05, 0) is 41.0 Å². The molecule has 5 rings (SSSR count). The summed E-state index contributed by atoms with van der Waals surface area (Å²) in [4.78, 5) is 62.0. The fourth-order valence-electron chi connectivity index (χ4n) is 5.74. The lowest BCUT2D eigenvalue weighted by Gasteiger charge is -2.55. The minimum absolute atomic E-state index is 0.0392. The molecule has 234 valence electrons. The van der Waals surface area contributed by atoms with Gasteiger partial charge in [0.25, 0.3) is 5.91 Å². The third-order valence-electron chi connectivity index (χ3n) is 7.79. The summed E-state index contributed by atoms with van der Waals surface area (Å²) in [5.41, 5.74) is 4.99. The van der Waals surface area contributed by atoms with Gasteiger partial charge in [-0.1, -0.05) is 60.7 Å². The van der Waals surface area contributed by atoms with Gasteiger partial charge < -0.3 is 20.2 Å². The maximum atomic E-state index is 14.2. The zero-order chi connectivity index (χ0) is 31.9. The smallest absolute Gasteiger partial charge is 0.334 e. The van der Waals surface area contributed by atoms with Crippen LogP contribution in [0.15, 0.2) is 91.5 Å². The van der Waals surface area contributed by atoms with E-state index in [1.54, 1.807) is 52.4 Å². The second-order valence-corrected chi connectivity index (χ2v) is 10.8. The summed E-state index contributed by atoms with van der Waals surface area (Å²) in [6.07, 6.45) is 0.980. The van der Waals surface area contributed by atoms with Crippen LogP contribution in [0.4, 0.5) is 4.79 Å². The van der Waals surface area contributed by atoms with E-state index in [0.717, 1.165) is 11.1 Å². The zero-order valence-electron chi connectivity index (χ0n) is 25.0. The number of hydrazine groups is 1. The highest BCUT2D eigenvalue weighted by molar-refractivity contribution is 5.94. The van der Waals surface area contributed by atoms with Crippen LogP contribution in [-0.4, -0.2) is 87.6 Å². The molecular weight excluding hydrogens is 576 g/mol. The van der Waals surface area contributed by atoms with Crippen molar-refractivity contribution in [3.63, 3.8) is 0 Å². The maximum Gasteiger partial charge on any atom is 0.334 e. The molecule has 0 aromatic heterocycles. The summed E-state index contributed by atoms with van der Waals surface area (Å²) >= 11 is 0. The Morgan fingerprint density at radius 2 is 1.73 bits per heavy atom. The van der Waals surface area contributed by atoms with Crippen LogP contribution >= 0.6 is 0 Å². The standard InChI is InChI=1S/C33H36N6O6/c1-3-16-37-22-30(41)38-28(18-23-12-14-27(40)15-13-23)32(43)36(20-25-10-7-11-26(17-25)31(42)35-45-2)21-29(38)39(37)33(44)34-19-24-8-5-4-6-9-24/h3-15,17,28-29,40H,1,16,18-22H2,2H3,(H,34,44)(H,35,42). The van der Waals surface area contributed by atoms with Gasteiger partial charge >= 0.3 is 6.03 Å². The minimum atomic E-state index is -0.920. The molecule has 3 N–H and O–H groups in total. The van der Waals surface area contributed by atoms with E-state index in [4.69, 9.17) is 4.84 Å². The Labute approximate surface area is 261 Å². The topological polar surface area (TPSA) is 135 Å². The molecule has 0 bridgehead atoms. The Morgan fingerprint density at radius 1 is 1.00 bits per heavy atom. The third-order valence-corrected chi connectivity index (χ3v) is 7.79. The highest BCUT2D eigenvalue weighted by Crippen LogP contribution is 2.29. The number of carbonyl (C=O) groups is 4. The first kappa shape index (κ1) is 31.2. The fourth-order valence-corrected chi connectivity index (χ4v) is 5.74. The number of rotatable bonds is 10. The molecule has 2 aliphatic heterocycles. The van der Waals surface area contributed by atoms with Crippen molar-refractivity contribution in [1.29, 1.82) is 0 Å². The number of nitrogens with one attached hydrogen (secondary N) is 2. The number of urea groups is 1. The van der Waals surface area contributed by atoms with Crippen molar-refractivity contribution >= 4 is 23.8 Å². The summed E-state index contributed by atoms with van der Waals surface area (Å²) in [5, 5.41) is 15.9. The summed E-state index contributed by atoms with van der Waals surface area (Å²) < 4.78 is 0. The number of phenolic OH excluding ortho intramolecular Hbond substituents is 1. The number of amides is 5. The average molecular weight is 613 g/mol. The molecule has 0 spiro atoms. The number of phenols is 1. The van der Waals surface area contributed by atoms with E-state index in [9.17, 15) is 24.3 Å². The van der Waals surface area contributed by atoms with Crippen molar-refractivity contribution in [2.24, 2.45) is 0 Å². The average Bonchev–Trinajstić information content (AvgIpc) is 3.04. The van der Waals surface area contributed by atoms with Crippen LogP contribution in [-0.2, 0) is 33.9 Å². The quantitative estimate of drug-likeness (QED) is 0.237. The molecule has 12 heteroatoms. The molecule has 5 amide bonds. The first-order chi connectivity index (χ1) is 21.8. The third kappa shape index (κ3) is 7.14. The van der Waals surface area contributed by atoms with E-state index >= 15 is 0 Å². The number of fused-ring (bicyclic) bond motifs is 1. The summed E-state index contributed by atoms with van der Waals surface area (Å²) in [7, 11) is 1.34. The van der Waals surface area contributed by atoms with Crippen molar-refractivity contribution < 1.29 is 29.1 Å². The molecule has 2 aliphatic rings. The Kier molecular flexibility index (Phi) is 9.76. The van der Waals surface area contributed by atoms with Gasteiger partial charge in [0.2, 0.25) is 11.8 Å². The summed E-state index contributed by atoms with van der Waals surface area (Å²) in [6.45, 7) is 4.39. The van der Waals surface area contributed by atoms with Gasteiger partial charge in [0.1, 0.15) is 18.0 Å². The lowest BCUT2D eigenvalue weighted by Crippen LogP contribution is -2.76. The largest absolute Gasteiger partial charge is 0.508 e. The van der Waals surface area contributed by atoms with E-state index in [0.29, 0.717) is 11.1 Å². The van der Waals surface area contributed by atoms with E-state index in [1.165, 1.54) is 29.2 Å². The molecule has 0 aliphatic carbocycles. The van der Waals surface area contributed by atoms with Gasteiger partial charge in [-0.2, -0.15) is 0 Å². The second kappa shape index (κ2) is 14.1. The lowest BCUT2D eigenvalue weighted by atomic mass is 9.98. The van der Waals surface area contributed by atoms with Crippen LogP contribution < -0.4 is 10.8 Å². The van der Waals surface area contributed by atoms with Crippen LogP contribution in [0.3, 0.4) is 0 Å². The first-order valence-electron chi connectivity index (χ1n) is 14.6. The molecule has 45 heavy (non-hydrogen) atoms. The first-order valence-corrected chi connectivity index (χ1v) is 14.6. The number of nitrogens with zero attached hydrogens (tertiary/aromatic N) is 4. The van der Waals surface area contributed by atoms with Gasteiger partial charge in [-0.15, -0.1) is 6.58 Å². The normalized spacial score (nSPS) is 18.4. The Morgan fingerprint density at radius 3 is 2.44 bits per heavy atom. The van der Waals surface area contributed by atoms with Crippen LogP contribution in [0, 0.1) is 0 Å². The molecular formula is C33H36N6O6. The predicted molar refractivity (Wildman–Crippen MR) is 165 cm³/mol. The minimum Gasteiger partial charge on any atom is -0.508 e. The van der Waals surface area contributed by atoms with Crippen molar-refractivity contribution in [3.8, 4) is 5.75 Å². The van der Waals surface area contributed by atoms with E-state index < -0.39 is 24.1 Å². The molecule has 2 saturated heterocycles. The summed E-state index contributed by atoms with van der Waals surface area (Å²) in [6, 6.07) is 21.4. The highest BCUT2D eigenvalue weighted by Gasteiger charge is 2.51. The maximum absolute atomic E-state index is 14.2. The molecule has 2 atom stereocenters. The lowest BCUT2D eigenvalue weighted by molar-refractivity contribution is -0.189. The second-order valence-electron chi connectivity index (χ2n) is 10.8. The Bertz CT molecular complexity index is 1550. The SMILES string of the molecule is C=CCN1CC(=O)N2C(Cc3ccc(O)cc3)C(=O)N(Cc3cccc(C(=O)NOC)c3)CC2N1C(=O)NCc1ccccc1. The molecule has 0 saturated carbocycles. The number of aromatic hydroxyl groups is 1. The van der Waals surface area contributed by atoms with Crippen molar-refractivity contribution in [2.75, 3.05) is 26.7 Å². The number of hydrogen-bond donors (Lipinski definition) is 3. The number of carbonyl (C=O) groups excluding carboxylic acids is 4. The fraction of sp³-hybridized carbons (Fsp3) is 0.273. The van der Waals surface area contributed by atoms with Gasteiger partial charge in [0.05, 0.1) is 20.2 Å². The van der Waals surface area contributed by atoms with E-state index in [-0.39, 0.29) is 56.7 Å². The van der Waals surface area contributed by atoms with Crippen LogP contribution in [0.5, 0.6) is 5.75 Å². The summed E-state index contributed by atoms with van der Waals surface area (Å²) in [5.74, 6) is -0.925. The Balaban J connectivity index is 1.49. The van der Waals surface area contributed by atoms with Gasteiger partial charge in [0, 0.05) is 31.6 Å². The van der Waals surface area contributed by atoms with Crippen molar-refractivity contribution in [3.05, 3.63) is 114 Å². The van der Waals surface area contributed by atoms with Crippen LogP contribution in [0.25, 0.3) is 0 Å². The Hall–Kier alpha value is -5.20.